The topological polar surface area (TPSA) is 35.5 Å². The van der Waals surface area contributed by atoms with E-state index in [1.165, 1.54) is 0 Å². The van der Waals surface area contributed by atoms with E-state index in [9.17, 15) is 4.79 Å². The Morgan fingerprint density at radius 2 is 2.24 bits per heavy atom. The monoisotopic (exact) mass is 252 g/mol. The maximum absolute atomic E-state index is 11.8. The zero-order chi connectivity index (χ0) is 12.1. The zero-order valence-corrected chi connectivity index (χ0v) is 10.6. The molecule has 2 atom stereocenters. The molecule has 1 aromatic rings. The molecule has 0 aliphatic carbocycles. The molecule has 1 aliphatic rings. The Hall–Kier alpha value is -1.00. The van der Waals surface area contributed by atoms with Crippen molar-refractivity contribution in [1.29, 1.82) is 0 Å². The van der Waals surface area contributed by atoms with Gasteiger partial charge >= 0.3 is 5.97 Å². The normalized spacial score (nSPS) is 23.6. The Morgan fingerprint density at radius 3 is 2.94 bits per heavy atom. The Morgan fingerprint density at radius 1 is 1.47 bits per heavy atom. The first-order valence-electron chi connectivity index (χ1n) is 5.66. The highest BCUT2D eigenvalue weighted by molar-refractivity contribution is 7.98. The smallest absolute Gasteiger partial charge is 0.338 e. The van der Waals surface area contributed by atoms with Crippen LogP contribution in [0.4, 0.5) is 0 Å². The largest absolute Gasteiger partial charge is 0.456 e. The predicted octanol–water partition coefficient (Wildman–Crippen LogP) is 2.36. The summed E-state index contributed by atoms with van der Waals surface area (Å²) < 4.78 is 10.9. The Labute approximate surface area is 105 Å². The molecule has 0 aromatic heterocycles. The summed E-state index contributed by atoms with van der Waals surface area (Å²) >= 11 is 1.75. The molecular formula is C13H16O3S. The third-order valence-electron chi connectivity index (χ3n) is 2.68. The summed E-state index contributed by atoms with van der Waals surface area (Å²) in [7, 11) is 0. The number of carbonyl (C=O) groups is 1. The van der Waals surface area contributed by atoms with E-state index in [0.717, 1.165) is 12.2 Å². The van der Waals surface area contributed by atoms with Gasteiger partial charge < -0.3 is 9.47 Å². The van der Waals surface area contributed by atoms with Crippen LogP contribution >= 0.6 is 11.8 Å². The standard InChI is InChI=1S/C13H16O3S/c1-17-9-12-7-11(8-15-12)16-13(14)10-5-3-2-4-6-10/h2-6,11-12H,7-9H2,1H3. The van der Waals surface area contributed by atoms with Crippen molar-refractivity contribution in [2.24, 2.45) is 0 Å². The molecule has 4 heteroatoms. The maximum Gasteiger partial charge on any atom is 0.338 e. The van der Waals surface area contributed by atoms with Crippen LogP contribution in [-0.4, -0.2) is 36.8 Å². The van der Waals surface area contributed by atoms with Crippen molar-refractivity contribution < 1.29 is 14.3 Å². The molecule has 1 aliphatic heterocycles. The molecule has 0 N–H and O–H groups in total. The first kappa shape index (κ1) is 12.5. The molecule has 1 heterocycles. The number of hydrogen-bond acceptors (Lipinski definition) is 4. The van der Waals surface area contributed by atoms with Gasteiger partial charge in [0.25, 0.3) is 0 Å². The number of thioether (sulfide) groups is 1. The number of ether oxygens (including phenoxy) is 2. The van der Waals surface area contributed by atoms with Gasteiger partial charge in [-0.25, -0.2) is 4.79 Å². The van der Waals surface area contributed by atoms with E-state index in [-0.39, 0.29) is 18.2 Å². The van der Waals surface area contributed by atoms with Crippen LogP contribution in [0.1, 0.15) is 16.8 Å². The Bertz CT molecular complexity index is 366. The second-order valence-electron chi connectivity index (χ2n) is 4.04. The summed E-state index contributed by atoms with van der Waals surface area (Å²) in [5.74, 6) is 0.698. The highest BCUT2D eigenvalue weighted by Gasteiger charge is 2.28. The van der Waals surface area contributed by atoms with Crippen molar-refractivity contribution in [2.45, 2.75) is 18.6 Å². The van der Waals surface area contributed by atoms with E-state index in [4.69, 9.17) is 9.47 Å². The highest BCUT2D eigenvalue weighted by atomic mass is 32.2. The fourth-order valence-electron chi connectivity index (χ4n) is 1.85. The molecule has 1 aromatic carbocycles. The molecule has 2 rings (SSSR count). The summed E-state index contributed by atoms with van der Waals surface area (Å²) in [6, 6.07) is 9.07. The lowest BCUT2D eigenvalue weighted by molar-refractivity contribution is 0.0259. The van der Waals surface area contributed by atoms with Gasteiger partial charge in [0.1, 0.15) is 6.10 Å². The fraction of sp³-hybridized carbons (Fsp3) is 0.462. The molecule has 0 saturated carbocycles. The lowest BCUT2D eigenvalue weighted by Gasteiger charge is -2.10. The third kappa shape index (κ3) is 3.48. The minimum Gasteiger partial charge on any atom is -0.456 e. The van der Waals surface area contributed by atoms with Gasteiger partial charge in [0.05, 0.1) is 18.3 Å². The average molecular weight is 252 g/mol. The lowest BCUT2D eigenvalue weighted by Crippen LogP contribution is -2.18. The first-order valence-corrected chi connectivity index (χ1v) is 7.05. The van der Waals surface area contributed by atoms with Crippen LogP contribution in [0.2, 0.25) is 0 Å². The molecule has 17 heavy (non-hydrogen) atoms. The van der Waals surface area contributed by atoms with Crippen molar-refractivity contribution in [3.8, 4) is 0 Å². The van der Waals surface area contributed by atoms with E-state index in [0.29, 0.717) is 12.2 Å². The van der Waals surface area contributed by atoms with Crippen LogP contribution in [0.15, 0.2) is 30.3 Å². The van der Waals surface area contributed by atoms with Gasteiger partial charge in [0, 0.05) is 12.2 Å². The molecule has 0 spiro atoms. The number of benzene rings is 1. The molecule has 1 fully saturated rings. The van der Waals surface area contributed by atoms with Gasteiger partial charge in [-0.3, -0.25) is 0 Å². The minimum atomic E-state index is -0.260. The van der Waals surface area contributed by atoms with E-state index in [1.54, 1.807) is 23.9 Å². The number of rotatable bonds is 4. The van der Waals surface area contributed by atoms with E-state index >= 15 is 0 Å². The quantitative estimate of drug-likeness (QED) is 0.771. The molecule has 0 amide bonds. The Balaban J connectivity index is 1.84. The van der Waals surface area contributed by atoms with Gasteiger partial charge in [-0.1, -0.05) is 18.2 Å². The van der Waals surface area contributed by atoms with Crippen molar-refractivity contribution in [2.75, 3.05) is 18.6 Å². The maximum atomic E-state index is 11.8. The zero-order valence-electron chi connectivity index (χ0n) is 9.80. The van der Waals surface area contributed by atoms with Crippen LogP contribution in [0.5, 0.6) is 0 Å². The molecule has 0 bridgehead atoms. The minimum absolute atomic E-state index is 0.0974. The number of carbonyl (C=O) groups excluding carboxylic acids is 1. The van der Waals surface area contributed by atoms with Crippen LogP contribution < -0.4 is 0 Å². The Kier molecular flexibility index (Phi) is 4.45. The summed E-state index contributed by atoms with van der Waals surface area (Å²) in [6.45, 7) is 0.518. The van der Waals surface area contributed by atoms with Crippen LogP contribution in [0, 0.1) is 0 Å². The van der Waals surface area contributed by atoms with Crippen molar-refractivity contribution in [3.63, 3.8) is 0 Å². The molecule has 1 saturated heterocycles. The third-order valence-corrected chi connectivity index (χ3v) is 3.38. The van der Waals surface area contributed by atoms with Gasteiger partial charge in [0.15, 0.2) is 0 Å². The molecule has 0 radical (unpaired) electrons. The predicted molar refractivity (Wildman–Crippen MR) is 68.4 cm³/mol. The molecule has 3 nitrogen and oxygen atoms in total. The van der Waals surface area contributed by atoms with Crippen LogP contribution in [0.3, 0.4) is 0 Å². The second kappa shape index (κ2) is 6.07. The summed E-state index contributed by atoms with van der Waals surface area (Å²) in [4.78, 5) is 11.8. The van der Waals surface area contributed by atoms with Crippen molar-refractivity contribution in [3.05, 3.63) is 35.9 Å². The van der Waals surface area contributed by atoms with Gasteiger partial charge in [-0.2, -0.15) is 11.8 Å². The van der Waals surface area contributed by atoms with E-state index in [1.807, 2.05) is 24.5 Å². The lowest BCUT2D eigenvalue weighted by atomic mass is 10.2. The van der Waals surface area contributed by atoms with Gasteiger partial charge in [-0.05, 0) is 18.4 Å². The van der Waals surface area contributed by atoms with Crippen LogP contribution in [-0.2, 0) is 9.47 Å². The number of esters is 1. The second-order valence-corrected chi connectivity index (χ2v) is 4.95. The molecule has 92 valence electrons. The summed E-state index contributed by atoms with van der Waals surface area (Å²) in [5.41, 5.74) is 0.598. The summed E-state index contributed by atoms with van der Waals surface area (Å²) in [6.07, 6.45) is 2.98. The van der Waals surface area contributed by atoms with Crippen LogP contribution in [0.25, 0.3) is 0 Å². The van der Waals surface area contributed by atoms with E-state index < -0.39 is 0 Å². The molecule has 2 unspecified atom stereocenters. The van der Waals surface area contributed by atoms with Crippen molar-refractivity contribution >= 4 is 17.7 Å². The van der Waals surface area contributed by atoms with Gasteiger partial charge in [-0.15, -0.1) is 0 Å². The van der Waals surface area contributed by atoms with Crippen molar-refractivity contribution in [1.82, 2.24) is 0 Å². The number of hydrogen-bond donors (Lipinski definition) is 0. The highest BCUT2D eigenvalue weighted by Crippen LogP contribution is 2.20. The first-order chi connectivity index (χ1) is 8.29. The van der Waals surface area contributed by atoms with E-state index in [2.05, 4.69) is 0 Å². The van der Waals surface area contributed by atoms with Gasteiger partial charge in [0.2, 0.25) is 0 Å². The molecular weight excluding hydrogens is 236 g/mol. The average Bonchev–Trinajstić information content (AvgIpc) is 2.78. The fourth-order valence-corrected chi connectivity index (χ4v) is 2.45. The SMILES string of the molecule is CSCC1CC(OC(=O)c2ccccc2)CO1. The summed E-state index contributed by atoms with van der Waals surface area (Å²) in [5, 5.41) is 0.